The SMILES string of the molecule is CCC=CC(CC)CCOCCCCCCP. The Morgan fingerprint density at radius 1 is 1.06 bits per heavy atom. The minimum Gasteiger partial charge on any atom is -0.381 e. The van der Waals surface area contributed by atoms with Gasteiger partial charge in [0.25, 0.3) is 0 Å². The number of hydrogen-bond acceptors (Lipinski definition) is 1. The van der Waals surface area contributed by atoms with Crippen molar-refractivity contribution >= 4 is 9.24 Å². The molecule has 0 saturated heterocycles. The second-order valence-corrected chi connectivity index (χ2v) is 5.19. The molecule has 1 nitrogen and oxygen atoms in total. The van der Waals surface area contributed by atoms with Gasteiger partial charge in [0.05, 0.1) is 0 Å². The van der Waals surface area contributed by atoms with E-state index in [1.165, 1.54) is 44.7 Å². The third-order valence-electron chi connectivity index (χ3n) is 3.04. The lowest BCUT2D eigenvalue weighted by Crippen LogP contribution is -2.03. The topological polar surface area (TPSA) is 9.23 Å². The summed E-state index contributed by atoms with van der Waals surface area (Å²) in [5.41, 5.74) is 0. The van der Waals surface area contributed by atoms with Gasteiger partial charge in [-0.05, 0) is 44.2 Å². The molecule has 0 saturated carbocycles. The third-order valence-corrected chi connectivity index (χ3v) is 3.45. The first kappa shape index (κ1) is 17.1. The van der Waals surface area contributed by atoms with Crippen LogP contribution in [0.1, 0.15) is 58.8 Å². The van der Waals surface area contributed by atoms with Crippen molar-refractivity contribution in [3.63, 3.8) is 0 Å². The smallest absolute Gasteiger partial charge is 0.0471 e. The van der Waals surface area contributed by atoms with Gasteiger partial charge < -0.3 is 4.74 Å². The summed E-state index contributed by atoms with van der Waals surface area (Å²) in [5, 5.41) is 0. The van der Waals surface area contributed by atoms with E-state index in [0.717, 1.165) is 19.6 Å². The summed E-state index contributed by atoms with van der Waals surface area (Å²) in [6.07, 6.45) is 14.7. The van der Waals surface area contributed by atoms with Crippen LogP contribution in [0.4, 0.5) is 0 Å². The molecule has 0 rings (SSSR count). The average molecular weight is 258 g/mol. The molecule has 0 amide bonds. The maximum Gasteiger partial charge on any atom is 0.0471 e. The van der Waals surface area contributed by atoms with Crippen LogP contribution in [0.2, 0.25) is 0 Å². The Bertz CT molecular complexity index is 168. The molecule has 0 aromatic carbocycles. The molecule has 0 heterocycles. The second kappa shape index (κ2) is 14.2. The van der Waals surface area contributed by atoms with Crippen molar-refractivity contribution in [3.8, 4) is 0 Å². The third kappa shape index (κ3) is 12.4. The van der Waals surface area contributed by atoms with Gasteiger partial charge in [0.15, 0.2) is 0 Å². The highest BCUT2D eigenvalue weighted by Gasteiger charge is 2.01. The first-order valence-corrected chi connectivity index (χ1v) is 8.11. The van der Waals surface area contributed by atoms with Crippen LogP contribution in [0.5, 0.6) is 0 Å². The first-order chi connectivity index (χ1) is 8.35. The van der Waals surface area contributed by atoms with Crippen molar-refractivity contribution in [2.45, 2.75) is 58.8 Å². The molecule has 2 unspecified atom stereocenters. The number of rotatable bonds is 12. The van der Waals surface area contributed by atoms with Gasteiger partial charge >= 0.3 is 0 Å². The van der Waals surface area contributed by atoms with Gasteiger partial charge in [-0.25, -0.2) is 0 Å². The Kier molecular flexibility index (Phi) is 14.3. The summed E-state index contributed by atoms with van der Waals surface area (Å²) in [4.78, 5) is 0. The molecule has 0 aromatic heterocycles. The standard InChI is InChI=1S/C15H31OP/c1-3-5-10-15(4-2)11-13-16-12-8-6-7-9-14-17/h5,10,15H,3-4,6-9,11-14,17H2,1-2H3. The summed E-state index contributed by atoms with van der Waals surface area (Å²) in [7, 11) is 2.79. The summed E-state index contributed by atoms with van der Waals surface area (Å²) in [5.74, 6) is 0.715. The molecular formula is C15H31OP. The van der Waals surface area contributed by atoms with Crippen molar-refractivity contribution in [2.75, 3.05) is 19.4 Å². The van der Waals surface area contributed by atoms with E-state index in [2.05, 4.69) is 35.2 Å². The van der Waals surface area contributed by atoms with Crippen LogP contribution in [0.3, 0.4) is 0 Å². The molecule has 0 radical (unpaired) electrons. The zero-order chi connectivity index (χ0) is 12.8. The lowest BCUT2D eigenvalue weighted by Gasteiger charge is -2.10. The molecule has 2 heteroatoms. The molecule has 0 spiro atoms. The van der Waals surface area contributed by atoms with E-state index < -0.39 is 0 Å². The van der Waals surface area contributed by atoms with Crippen LogP contribution in [-0.2, 0) is 4.74 Å². The van der Waals surface area contributed by atoms with Crippen molar-refractivity contribution < 1.29 is 4.74 Å². The summed E-state index contributed by atoms with van der Waals surface area (Å²) >= 11 is 0. The van der Waals surface area contributed by atoms with Gasteiger partial charge in [0.2, 0.25) is 0 Å². The van der Waals surface area contributed by atoms with E-state index in [9.17, 15) is 0 Å². The fourth-order valence-corrected chi connectivity index (χ4v) is 2.09. The monoisotopic (exact) mass is 258 g/mol. The zero-order valence-electron chi connectivity index (χ0n) is 11.8. The van der Waals surface area contributed by atoms with Crippen molar-refractivity contribution in [3.05, 3.63) is 12.2 Å². The van der Waals surface area contributed by atoms with Gasteiger partial charge in [0, 0.05) is 13.2 Å². The van der Waals surface area contributed by atoms with Crippen LogP contribution < -0.4 is 0 Å². The van der Waals surface area contributed by atoms with Gasteiger partial charge in [-0.3, -0.25) is 0 Å². The predicted octanol–water partition coefficient (Wildman–Crippen LogP) is 4.82. The molecule has 0 aliphatic carbocycles. The zero-order valence-corrected chi connectivity index (χ0v) is 12.9. The molecular weight excluding hydrogens is 227 g/mol. The van der Waals surface area contributed by atoms with E-state index in [1.807, 2.05) is 0 Å². The Hall–Kier alpha value is 0.130. The van der Waals surface area contributed by atoms with E-state index >= 15 is 0 Å². The predicted molar refractivity (Wildman–Crippen MR) is 81.7 cm³/mol. The molecule has 0 bridgehead atoms. The van der Waals surface area contributed by atoms with Crippen LogP contribution in [0.25, 0.3) is 0 Å². The van der Waals surface area contributed by atoms with Crippen LogP contribution >= 0.6 is 9.24 Å². The maximum absolute atomic E-state index is 5.69. The average Bonchev–Trinajstić information content (AvgIpc) is 2.36. The molecule has 0 fully saturated rings. The summed E-state index contributed by atoms with van der Waals surface area (Å²) in [6, 6.07) is 0. The number of ether oxygens (including phenoxy) is 1. The van der Waals surface area contributed by atoms with Crippen molar-refractivity contribution in [2.24, 2.45) is 5.92 Å². The van der Waals surface area contributed by atoms with E-state index in [-0.39, 0.29) is 0 Å². The van der Waals surface area contributed by atoms with Crippen molar-refractivity contribution in [1.29, 1.82) is 0 Å². The largest absolute Gasteiger partial charge is 0.381 e. The van der Waals surface area contributed by atoms with E-state index in [1.54, 1.807) is 0 Å². The minimum atomic E-state index is 0.715. The Morgan fingerprint density at radius 3 is 2.47 bits per heavy atom. The highest BCUT2D eigenvalue weighted by molar-refractivity contribution is 7.16. The highest BCUT2D eigenvalue weighted by atomic mass is 31.0. The van der Waals surface area contributed by atoms with E-state index in [4.69, 9.17) is 4.74 Å². The number of hydrogen-bond donors (Lipinski definition) is 0. The highest BCUT2D eigenvalue weighted by Crippen LogP contribution is 2.11. The molecule has 0 N–H and O–H groups in total. The van der Waals surface area contributed by atoms with Gasteiger partial charge in [-0.2, -0.15) is 0 Å². The fraction of sp³-hybridized carbons (Fsp3) is 0.867. The Morgan fingerprint density at radius 2 is 1.82 bits per heavy atom. The number of allylic oxidation sites excluding steroid dienone is 2. The van der Waals surface area contributed by atoms with Gasteiger partial charge in [0.1, 0.15) is 0 Å². The fourth-order valence-electron chi connectivity index (χ4n) is 1.80. The normalized spacial score (nSPS) is 13.4. The van der Waals surface area contributed by atoms with Gasteiger partial charge in [-0.1, -0.05) is 38.8 Å². The lowest BCUT2D eigenvalue weighted by atomic mass is 10.0. The quantitative estimate of drug-likeness (QED) is 0.277. The number of unbranched alkanes of at least 4 members (excludes halogenated alkanes) is 3. The van der Waals surface area contributed by atoms with Gasteiger partial charge in [-0.15, -0.1) is 9.24 Å². The van der Waals surface area contributed by atoms with Crippen LogP contribution in [0.15, 0.2) is 12.2 Å². The first-order valence-electron chi connectivity index (χ1n) is 7.29. The summed E-state index contributed by atoms with van der Waals surface area (Å²) < 4.78 is 5.69. The second-order valence-electron chi connectivity index (χ2n) is 4.61. The Balaban J connectivity index is 3.28. The van der Waals surface area contributed by atoms with E-state index in [0.29, 0.717) is 5.92 Å². The lowest BCUT2D eigenvalue weighted by molar-refractivity contribution is 0.120. The molecule has 0 aliphatic rings. The van der Waals surface area contributed by atoms with Crippen LogP contribution in [0, 0.1) is 5.92 Å². The Labute approximate surface area is 111 Å². The maximum atomic E-state index is 5.69. The molecule has 2 atom stereocenters. The summed E-state index contributed by atoms with van der Waals surface area (Å²) in [6.45, 7) is 6.32. The van der Waals surface area contributed by atoms with Crippen LogP contribution in [-0.4, -0.2) is 19.4 Å². The minimum absolute atomic E-state index is 0.715. The molecule has 0 aromatic rings. The molecule has 102 valence electrons. The molecule has 0 aliphatic heterocycles. The molecule has 17 heavy (non-hydrogen) atoms. The van der Waals surface area contributed by atoms with Crippen molar-refractivity contribution in [1.82, 2.24) is 0 Å².